The number of rotatable bonds is 13. The van der Waals surface area contributed by atoms with Crippen LogP contribution in [0.15, 0.2) is 0 Å². The van der Waals surface area contributed by atoms with Gasteiger partial charge < -0.3 is 14.2 Å². The Bertz CT molecular complexity index is 238. The summed E-state index contributed by atoms with van der Waals surface area (Å²) in [6.07, 6.45) is 7.43. The second-order valence-corrected chi connectivity index (χ2v) is 7.02. The van der Waals surface area contributed by atoms with Crippen LogP contribution in [0.4, 0.5) is 0 Å². The first-order valence-electron chi connectivity index (χ1n) is 8.75. The molecular weight excluding hydrogens is 284 g/mol. The van der Waals surface area contributed by atoms with Gasteiger partial charge in [0, 0.05) is 25.6 Å². The van der Waals surface area contributed by atoms with Gasteiger partial charge in [-0.25, -0.2) is 0 Å². The summed E-state index contributed by atoms with van der Waals surface area (Å²) in [4.78, 5) is 0. The zero-order valence-electron chi connectivity index (χ0n) is 14.1. The fraction of sp³-hybridized carbons (Fsp3) is 1.00. The molecule has 0 N–H and O–H groups in total. The van der Waals surface area contributed by atoms with Crippen LogP contribution in [0.3, 0.4) is 0 Å². The maximum atomic E-state index is 6.13. The Labute approximate surface area is 135 Å². The maximum absolute atomic E-state index is 6.13. The number of hydrogen-bond acceptors (Lipinski definition) is 4. The Hall–Kier alpha value is 0.230. The van der Waals surface area contributed by atoms with E-state index in [1.807, 2.05) is 11.8 Å². The molecule has 1 rings (SSSR count). The Kier molecular flexibility index (Phi) is 11.7. The van der Waals surface area contributed by atoms with E-state index < -0.39 is 0 Å². The van der Waals surface area contributed by atoms with Gasteiger partial charge in [0.15, 0.2) is 0 Å². The third kappa shape index (κ3) is 7.87. The Morgan fingerprint density at radius 3 is 2.14 bits per heavy atom. The highest BCUT2D eigenvalue weighted by atomic mass is 32.2. The monoisotopic (exact) mass is 318 g/mol. The van der Waals surface area contributed by atoms with Crippen molar-refractivity contribution in [3.8, 4) is 0 Å². The zero-order chi connectivity index (χ0) is 15.3. The van der Waals surface area contributed by atoms with E-state index in [2.05, 4.69) is 20.8 Å². The predicted octanol–water partition coefficient (Wildman–Crippen LogP) is 4.29. The van der Waals surface area contributed by atoms with Crippen molar-refractivity contribution in [1.29, 1.82) is 0 Å². The van der Waals surface area contributed by atoms with E-state index in [1.165, 1.54) is 19.3 Å². The molecular formula is C17H34O3S. The first-order valence-corrected chi connectivity index (χ1v) is 9.80. The molecule has 0 aromatic rings. The van der Waals surface area contributed by atoms with Crippen LogP contribution in [0, 0.1) is 0 Å². The van der Waals surface area contributed by atoms with Gasteiger partial charge in [-0.15, -0.1) is 0 Å². The molecule has 0 amide bonds. The van der Waals surface area contributed by atoms with Crippen molar-refractivity contribution in [2.24, 2.45) is 0 Å². The molecule has 1 heterocycles. The van der Waals surface area contributed by atoms with Gasteiger partial charge in [-0.05, 0) is 19.3 Å². The average Bonchev–Trinajstić information content (AvgIpc) is 2.87. The summed E-state index contributed by atoms with van der Waals surface area (Å²) >= 11 is 1.96. The molecule has 0 radical (unpaired) electrons. The lowest BCUT2D eigenvalue weighted by Gasteiger charge is -2.24. The van der Waals surface area contributed by atoms with Gasteiger partial charge in [0.25, 0.3) is 0 Å². The molecule has 0 bridgehead atoms. The lowest BCUT2D eigenvalue weighted by Crippen LogP contribution is -2.37. The van der Waals surface area contributed by atoms with Gasteiger partial charge >= 0.3 is 0 Å². The van der Waals surface area contributed by atoms with Gasteiger partial charge in [-0.2, -0.15) is 11.8 Å². The molecule has 0 saturated carbocycles. The van der Waals surface area contributed by atoms with Crippen LogP contribution >= 0.6 is 11.8 Å². The number of hydrogen-bond donors (Lipinski definition) is 0. The first-order chi connectivity index (χ1) is 10.3. The van der Waals surface area contributed by atoms with Gasteiger partial charge in [0.05, 0.1) is 24.1 Å². The van der Waals surface area contributed by atoms with Crippen LogP contribution in [0.5, 0.6) is 0 Å². The minimum atomic E-state index is 0.208. The van der Waals surface area contributed by atoms with E-state index in [4.69, 9.17) is 14.2 Å². The molecule has 1 aliphatic rings. The molecule has 0 aliphatic carbocycles. The molecule has 1 saturated heterocycles. The summed E-state index contributed by atoms with van der Waals surface area (Å²) < 4.78 is 18.0. The topological polar surface area (TPSA) is 27.7 Å². The van der Waals surface area contributed by atoms with Gasteiger partial charge in [-0.3, -0.25) is 0 Å². The largest absolute Gasteiger partial charge is 0.380 e. The highest BCUT2D eigenvalue weighted by Gasteiger charge is 2.38. The minimum Gasteiger partial charge on any atom is -0.380 e. The van der Waals surface area contributed by atoms with Crippen LogP contribution in [-0.4, -0.2) is 49.6 Å². The van der Waals surface area contributed by atoms with Gasteiger partial charge in [0.1, 0.15) is 0 Å². The molecule has 126 valence electrons. The predicted molar refractivity (Wildman–Crippen MR) is 91.3 cm³/mol. The van der Waals surface area contributed by atoms with E-state index in [9.17, 15) is 0 Å². The van der Waals surface area contributed by atoms with Crippen molar-refractivity contribution in [3.63, 3.8) is 0 Å². The average molecular weight is 319 g/mol. The summed E-state index contributed by atoms with van der Waals surface area (Å²) in [7, 11) is 0. The van der Waals surface area contributed by atoms with E-state index >= 15 is 0 Å². The quantitative estimate of drug-likeness (QED) is 0.474. The summed E-state index contributed by atoms with van der Waals surface area (Å²) in [6.45, 7) is 9.98. The Morgan fingerprint density at radius 2 is 1.48 bits per heavy atom. The highest BCUT2D eigenvalue weighted by molar-refractivity contribution is 8.00. The molecule has 3 nitrogen and oxygen atoms in total. The van der Waals surface area contributed by atoms with Crippen molar-refractivity contribution in [3.05, 3.63) is 0 Å². The fourth-order valence-electron chi connectivity index (χ4n) is 2.34. The fourth-order valence-corrected chi connectivity index (χ4v) is 3.70. The lowest BCUT2D eigenvalue weighted by atomic mass is 10.1. The lowest BCUT2D eigenvalue weighted by molar-refractivity contribution is -0.0656. The summed E-state index contributed by atoms with van der Waals surface area (Å²) in [6, 6.07) is 0. The zero-order valence-corrected chi connectivity index (χ0v) is 15.0. The SMILES string of the molecule is CCCCOC[C@@H]1SC[C@@H](OCCCC)C1OCCCC. The van der Waals surface area contributed by atoms with Crippen LogP contribution in [0.2, 0.25) is 0 Å². The van der Waals surface area contributed by atoms with E-state index in [0.29, 0.717) is 5.25 Å². The second kappa shape index (κ2) is 12.7. The summed E-state index contributed by atoms with van der Waals surface area (Å²) in [5.41, 5.74) is 0. The minimum absolute atomic E-state index is 0.208. The molecule has 0 aromatic heterocycles. The highest BCUT2D eigenvalue weighted by Crippen LogP contribution is 2.32. The molecule has 3 atom stereocenters. The molecule has 1 aliphatic heterocycles. The van der Waals surface area contributed by atoms with Crippen LogP contribution in [-0.2, 0) is 14.2 Å². The van der Waals surface area contributed by atoms with Crippen molar-refractivity contribution in [2.45, 2.75) is 76.8 Å². The number of ether oxygens (including phenoxy) is 3. The van der Waals surface area contributed by atoms with E-state index in [0.717, 1.165) is 51.4 Å². The number of thioether (sulfide) groups is 1. The Balaban J connectivity index is 2.36. The summed E-state index contributed by atoms with van der Waals surface area (Å²) in [5.74, 6) is 1.04. The van der Waals surface area contributed by atoms with Gasteiger partial charge in [0.2, 0.25) is 0 Å². The molecule has 1 unspecified atom stereocenters. The third-order valence-corrected chi connectivity index (χ3v) is 5.12. The normalized spacial score (nSPS) is 25.6. The van der Waals surface area contributed by atoms with E-state index in [-0.39, 0.29) is 12.2 Å². The smallest absolute Gasteiger partial charge is 0.0985 e. The van der Waals surface area contributed by atoms with Crippen LogP contribution in [0.1, 0.15) is 59.3 Å². The van der Waals surface area contributed by atoms with Crippen LogP contribution < -0.4 is 0 Å². The Morgan fingerprint density at radius 1 is 0.857 bits per heavy atom. The second-order valence-electron chi connectivity index (χ2n) is 5.75. The third-order valence-electron chi connectivity index (χ3n) is 3.77. The van der Waals surface area contributed by atoms with Crippen LogP contribution in [0.25, 0.3) is 0 Å². The maximum Gasteiger partial charge on any atom is 0.0985 e. The van der Waals surface area contributed by atoms with Crippen molar-refractivity contribution >= 4 is 11.8 Å². The molecule has 4 heteroatoms. The molecule has 1 fully saturated rings. The van der Waals surface area contributed by atoms with Gasteiger partial charge in [-0.1, -0.05) is 40.0 Å². The molecule has 21 heavy (non-hydrogen) atoms. The number of unbranched alkanes of at least 4 members (excludes halogenated alkanes) is 3. The first kappa shape index (κ1) is 19.3. The van der Waals surface area contributed by atoms with Crippen molar-refractivity contribution < 1.29 is 14.2 Å². The molecule has 0 spiro atoms. The summed E-state index contributed by atoms with van der Waals surface area (Å²) in [5, 5.41) is 0.435. The van der Waals surface area contributed by atoms with E-state index in [1.54, 1.807) is 0 Å². The van der Waals surface area contributed by atoms with Crippen molar-refractivity contribution in [2.75, 3.05) is 32.2 Å². The van der Waals surface area contributed by atoms with Crippen molar-refractivity contribution in [1.82, 2.24) is 0 Å². The molecule has 0 aromatic carbocycles. The standard InChI is InChI=1S/C17H34O3S/c1-4-7-10-18-13-16-17(20-12-9-6-3)15(14-21-16)19-11-8-5-2/h15-17H,4-14H2,1-3H3/t15-,16+,17?/m1/s1.